The summed E-state index contributed by atoms with van der Waals surface area (Å²) in [4.78, 5) is 14.8. The van der Waals surface area contributed by atoms with Crippen molar-refractivity contribution in [1.29, 1.82) is 0 Å². The Morgan fingerprint density at radius 3 is 2.62 bits per heavy atom. The van der Waals surface area contributed by atoms with Gasteiger partial charge in [0.05, 0.1) is 5.92 Å². The molecule has 1 atom stereocenters. The smallest absolute Gasteiger partial charge is 0.228 e. The summed E-state index contributed by atoms with van der Waals surface area (Å²) in [6.07, 6.45) is 4.58. The first-order valence-corrected chi connectivity index (χ1v) is 8.59. The Hall–Kier alpha value is -0.970. The lowest BCUT2D eigenvalue weighted by atomic mass is 9.98. The molecule has 2 fully saturated rings. The van der Waals surface area contributed by atoms with E-state index in [9.17, 15) is 4.79 Å². The van der Waals surface area contributed by atoms with E-state index in [1.807, 2.05) is 12.1 Å². The number of carbonyl (C=O) groups excluding carboxylic acids is 1. The van der Waals surface area contributed by atoms with E-state index in [0.29, 0.717) is 0 Å². The zero-order valence-electron chi connectivity index (χ0n) is 14.3. The van der Waals surface area contributed by atoms with E-state index in [1.165, 1.54) is 18.5 Å². The number of carbonyl (C=O) groups is 1. The molecule has 24 heavy (non-hydrogen) atoms. The van der Waals surface area contributed by atoms with E-state index in [2.05, 4.69) is 34.6 Å². The van der Waals surface area contributed by atoms with Crippen LogP contribution < -0.4 is 15.5 Å². The van der Waals surface area contributed by atoms with Crippen molar-refractivity contribution in [2.45, 2.75) is 32.6 Å². The number of anilines is 2. The molecule has 2 N–H and O–H groups in total. The number of piperidine rings is 2. The summed E-state index contributed by atoms with van der Waals surface area (Å²) in [5.41, 5.74) is 2.15. The molecule has 136 valence electrons. The third-order valence-electron chi connectivity index (χ3n) is 4.93. The first-order chi connectivity index (χ1) is 10.7. The van der Waals surface area contributed by atoms with Crippen molar-refractivity contribution in [3.05, 3.63) is 24.3 Å². The Balaban J connectivity index is 0.00000144. The topological polar surface area (TPSA) is 44.4 Å². The molecule has 3 rings (SSSR count). The quantitative estimate of drug-likeness (QED) is 0.848. The van der Waals surface area contributed by atoms with Gasteiger partial charge < -0.3 is 15.5 Å². The molecule has 0 saturated carbocycles. The summed E-state index contributed by atoms with van der Waals surface area (Å²) in [5.74, 6) is 1.09. The van der Waals surface area contributed by atoms with Gasteiger partial charge in [-0.3, -0.25) is 4.79 Å². The van der Waals surface area contributed by atoms with Gasteiger partial charge in [-0.25, -0.2) is 0 Å². The number of nitrogens with zero attached hydrogens (tertiary/aromatic N) is 1. The first-order valence-electron chi connectivity index (χ1n) is 8.59. The lowest BCUT2D eigenvalue weighted by Crippen LogP contribution is -2.37. The molecule has 2 saturated heterocycles. The molecule has 0 radical (unpaired) electrons. The van der Waals surface area contributed by atoms with Crippen molar-refractivity contribution in [3.63, 3.8) is 0 Å². The Labute approximate surface area is 157 Å². The van der Waals surface area contributed by atoms with Gasteiger partial charge in [-0.2, -0.15) is 0 Å². The van der Waals surface area contributed by atoms with Gasteiger partial charge >= 0.3 is 0 Å². The van der Waals surface area contributed by atoms with Crippen molar-refractivity contribution in [1.82, 2.24) is 5.32 Å². The van der Waals surface area contributed by atoms with Crippen LogP contribution in [0.2, 0.25) is 0 Å². The summed E-state index contributed by atoms with van der Waals surface area (Å²) < 4.78 is 0. The van der Waals surface area contributed by atoms with Gasteiger partial charge in [-0.05, 0) is 56.3 Å². The average molecular weight is 374 g/mol. The van der Waals surface area contributed by atoms with Crippen LogP contribution in [0.25, 0.3) is 0 Å². The van der Waals surface area contributed by atoms with Crippen LogP contribution in [0.15, 0.2) is 24.3 Å². The third-order valence-corrected chi connectivity index (χ3v) is 4.93. The van der Waals surface area contributed by atoms with Crippen molar-refractivity contribution in [2.24, 2.45) is 11.8 Å². The van der Waals surface area contributed by atoms with Gasteiger partial charge in [0.1, 0.15) is 0 Å². The summed E-state index contributed by atoms with van der Waals surface area (Å²) >= 11 is 0. The highest BCUT2D eigenvalue weighted by Crippen LogP contribution is 2.25. The molecule has 2 aliphatic rings. The minimum atomic E-state index is 0. The number of rotatable bonds is 3. The molecule has 1 aromatic carbocycles. The normalized spacial score (nSPS) is 21.4. The molecule has 0 aromatic heterocycles. The first kappa shape index (κ1) is 21.1. The highest BCUT2D eigenvalue weighted by Gasteiger charge is 2.21. The maximum atomic E-state index is 12.3. The zero-order chi connectivity index (χ0) is 15.4. The summed E-state index contributed by atoms with van der Waals surface area (Å²) in [7, 11) is 0. The van der Waals surface area contributed by atoms with Gasteiger partial charge in [-0.1, -0.05) is 13.0 Å². The molecule has 0 aliphatic carbocycles. The van der Waals surface area contributed by atoms with Crippen molar-refractivity contribution in [2.75, 3.05) is 36.4 Å². The fourth-order valence-electron chi connectivity index (χ4n) is 3.37. The van der Waals surface area contributed by atoms with Gasteiger partial charge in [0.25, 0.3) is 0 Å². The summed E-state index contributed by atoms with van der Waals surface area (Å²) in [5, 5.41) is 6.39. The minimum Gasteiger partial charge on any atom is -0.371 e. The SMILES string of the molecule is CC1CCN(c2cccc(NC(=O)C3CCCNC3)c2)CC1.Cl.Cl. The highest BCUT2D eigenvalue weighted by atomic mass is 35.5. The Morgan fingerprint density at radius 1 is 1.21 bits per heavy atom. The van der Waals surface area contributed by atoms with Crippen LogP contribution in [0, 0.1) is 11.8 Å². The molecule has 4 nitrogen and oxygen atoms in total. The van der Waals surface area contributed by atoms with E-state index < -0.39 is 0 Å². The second-order valence-electron chi connectivity index (χ2n) is 6.75. The molecule has 2 aliphatic heterocycles. The second-order valence-corrected chi connectivity index (χ2v) is 6.75. The van der Waals surface area contributed by atoms with Crippen LogP contribution in [-0.4, -0.2) is 32.1 Å². The lowest BCUT2D eigenvalue weighted by molar-refractivity contribution is -0.120. The van der Waals surface area contributed by atoms with E-state index in [0.717, 1.165) is 50.6 Å². The Morgan fingerprint density at radius 2 is 1.96 bits per heavy atom. The molecular weight excluding hydrogens is 345 g/mol. The lowest BCUT2D eigenvalue weighted by Gasteiger charge is -2.32. The highest BCUT2D eigenvalue weighted by molar-refractivity contribution is 5.93. The maximum Gasteiger partial charge on any atom is 0.228 e. The Kier molecular flexibility index (Phi) is 8.88. The van der Waals surface area contributed by atoms with E-state index in [4.69, 9.17) is 0 Å². The maximum absolute atomic E-state index is 12.3. The predicted molar refractivity (Wildman–Crippen MR) is 106 cm³/mol. The minimum absolute atomic E-state index is 0. The van der Waals surface area contributed by atoms with Crippen LogP contribution >= 0.6 is 24.8 Å². The third kappa shape index (κ3) is 5.54. The van der Waals surface area contributed by atoms with E-state index in [1.54, 1.807) is 0 Å². The standard InChI is InChI=1S/C18H27N3O.2ClH/c1-14-7-10-21(11-8-14)17-6-2-5-16(12-17)20-18(22)15-4-3-9-19-13-15;;/h2,5-6,12,14-15,19H,3-4,7-11,13H2,1H3,(H,20,22);2*1H. The Bertz CT molecular complexity index is 513. The van der Waals surface area contributed by atoms with Crippen LogP contribution in [-0.2, 0) is 4.79 Å². The molecule has 0 spiro atoms. The largest absolute Gasteiger partial charge is 0.371 e. The van der Waals surface area contributed by atoms with Gasteiger partial charge in [0, 0.05) is 31.0 Å². The summed E-state index contributed by atoms with van der Waals surface area (Å²) in [6.45, 7) is 6.39. The number of hydrogen-bond acceptors (Lipinski definition) is 3. The number of hydrogen-bond donors (Lipinski definition) is 2. The van der Waals surface area contributed by atoms with Crippen molar-refractivity contribution in [3.8, 4) is 0 Å². The fourth-order valence-corrected chi connectivity index (χ4v) is 3.37. The van der Waals surface area contributed by atoms with Crippen molar-refractivity contribution >= 4 is 42.1 Å². The number of benzene rings is 1. The molecule has 1 aromatic rings. The van der Waals surface area contributed by atoms with Gasteiger partial charge in [0.2, 0.25) is 5.91 Å². The predicted octanol–water partition coefficient (Wildman–Crippen LogP) is 3.70. The van der Waals surface area contributed by atoms with Crippen LogP contribution in [0.1, 0.15) is 32.6 Å². The van der Waals surface area contributed by atoms with Gasteiger partial charge in [0.15, 0.2) is 0 Å². The second kappa shape index (κ2) is 10.1. The number of halogens is 2. The van der Waals surface area contributed by atoms with Crippen molar-refractivity contribution < 1.29 is 4.79 Å². The van der Waals surface area contributed by atoms with Crippen LogP contribution in [0.4, 0.5) is 11.4 Å². The molecule has 1 amide bonds. The van der Waals surface area contributed by atoms with E-state index >= 15 is 0 Å². The van der Waals surface area contributed by atoms with Crippen LogP contribution in [0.5, 0.6) is 0 Å². The molecule has 0 bridgehead atoms. The number of amides is 1. The monoisotopic (exact) mass is 373 g/mol. The van der Waals surface area contributed by atoms with E-state index in [-0.39, 0.29) is 36.6 Å². The average Bonchev–Trinajstić information content (AvgIpc) is 2.56. The molecular formula is C18H29Cl2N3O. The zero-order valence-corrected chi connectivity index (χ0v) is 15.9. The number of nitrogens with one attached hydrogen (secondary N) is 2. The van der Waals surface area contributed by atoms with Crippen LogP contribution in [0.3, 0.4) is 0 Å². The molecule has 2 heterocycles. The fraction of sp³-hybridized carbons (Fsp3) is 0.611. The molecule has 6 heteroatoms. The summed E-state index contributed by atoms with van der Waals surface area (Å²) in [6, 6.07) is 8.30. The molecule has 1 unspecified atom stereocenters. The van der Waals surface area contributed by atoms with Gasteiger partial charge in [-0.15, -0.1) is 24.8 Å².